The molecule has 0 amide bonds. The summed E-state index contributed by atoms with van der Waals surface area (Å²) >= 11 is 6.37. The molecule has 3 rings (SSSR count). The molecule has 0 bridgehead atoms. The van der Waals surface area contributed by atoms with E-state index in [2.05, 4.69) is 30.4 Å². The van der Waals surface area contributed by atoms with Gasteiger partial charge in [0.2, 0.25) is 0 Å². The lowest BCUT2D eigenvalue weighted by molar-refractivity contribution is -0.149. The summed E-state index contributed by atoms with van der Waals surface area (Å²) in [5.74, 6) is 0.389. The Morgan fingerprint density at radius 2 is 1.96 bits per heavy atom. The van der Waals surface area contributed by atoms with Gasteiger partial charge in [-0.3, -0.25) is 4.79 Å². The number of nitrogens with one attached hydrogen (secondary N) is 1. The number of unbranched alkanes of at least 4 members (excludes halogenated alkanes) is 1. The van der Waals surface area contributed by atoms with Crippen molar-refractivity contribution in [2.45, 2.75) is 45.6 Å². The normalized spacial score (nSPS) is 14.6. The molecule has 1 saturated carbocycles. The van der Waals surface area contributed by atoms with Gasteiger partial charge in [-0.05, 0) is 54.9 Å². The maximum atomic E-state index is 12.5. The fraction of sp³-hybridized carbons (Fsp3) is 0.435. The average Bonchev–Trinajstić information content (AvgIpc) is 3.52. The van der Waals surface area contributed by atoms with E-state index in [0.29, 0.717) is 24.0 Å². The van der Waals surface area contributed by atoms with Gasteiger partial charge in [-0.1, -0.05) is 61.3 Å². The van der Waals surface area contributed by atoms with Crippen molar-refractivity contribution in [3.05, 3.63) is 64.7 Å². The molecule has 1 aliphatic carbocycles. The number of hydrogen-bond donors (Lipinski definition) is 1. The number of carbonyl (C=O) groups is 1. The molecule has 3 nitrogen and oxygen atoms in total. The molecule has 2 aromatic carbocycles. The van der Waals surface area contributed by atoms with Crippen LogP contribution >= 0.6 is 11.6 Å². The van der Waals surface area contributed by atoms with Crippen molar-refractivity contribution in [2.24, 2.45) is 11.8 Å². The third-order valence-electron chi connectivity index (χ3n) is 5.05. The molecule has 4 heteroatoms. The number of rotatable bonds is 10. The molecule has 0 spiro atoms. The maximum absolute atomic E-state index is 12.5. The van der Waals surface area contributed by atoms with Gasteiger partial charge in [0.1, 0.15) is 0 Å². The average molecular weight is 386 g/mol. The summed E-state index contributed by atoms with van der Waals surface area (Å²) in [6.45, 7) is 3.35. The zero-order valence-corrected chi connectivity index (χ0v) is 16.7. The Morgan fingerprint density at radius 3 is 2.67 bits per heavy atom. The molecule has 2 aromatic rings. The van der Waals surface area contributed by atoms with Crippen molar-refractivity contribution < 1.29 is 9.53 Å². The van der Waals surface area contributed by atoms with Crippen molar-refractivity contribution >= 4 is 23.3 Å². The highest BCUT2D eigenvalue weighted by Crippen LogP contribution is 2.39. The first-order chi connectivity index (χ1) is 13.2. The Morgan fingerprint density at radius 1 is 1.19 bits per heavy atom. The fourth-order valence-electron chi connectivity index (χ4n) is 3.25. The van der Waals surface area contributed by atoms with Crippen molar-refractivity contribution in [3.8, 4) is 0 Å². The van der Waals surface area contributed by atoms with E-state index >= 15 is 0 Å². The number of esters is 1. The number of halogens is 1. The van der Waals surface area contributed by atoms with Gasteiger partial charge in [0.25, 0.3) is 0 Å². The monoisotopic (exact) mass is 385 g/mol. The second kappa shape index (κ2) is 9.80. The van der Waals surface area contributed by atoms with Gasteiger partial charge >= 0.3 is 5.97 Å². The van der Waals surface area contributed by atoms with Gasteiger partial charge in [0.15, 0.2) is 0 Å². The van der Waals surface area contributed by atoms with Crippen molar-refractivity contribution in [1.29, 1.82) is 0 Å². The summed E-state index contributed by atoms with van der Waals surface area (Å²) in [6.07, 6.45) is 4.93. The van der Waals surface area contributed by atoms with Gasteiger partial charge in [-0.25, -0.2) is 0 Å². The second-order valence-electron chi connectivity index (χ2n) is 7.32. The van der Waals surface area contributed by atoms with E-state index < -0.39 is 0 Å². The summed E-state index contributed by atoms with van der Waals surface area (Å²) < 4.78 is 5.50. The van der Waals surface area contributed by atoms with E-state index in [0.717, 1.165) is 43.5 Å². The number of anilines is 1. The summed E-state index contributed by atoms with van der Waals surface area (Å²) in [6, 6.07) is 16.2. The fourth-order valence-corrected chi connectivity index (χ4v) is 3.43. The zero-order chi connectivity index (χ0) is 19.1. The molecule has 1 N–H and O–H groups in total. The molecule has 0 aromatic heterocycles. The van der Waals surface area contributed by atoms with Gasteiger partial charge in [-0.2, -0.15) is 0 Å². The van der Waals surface area contributed by atoms with Crippen LogP contribution in [0.2, 0.25) is 5.02 Å². The summed E-state index contributed by atoms with van der Waals surface area (Å²) in [7, 11) is 0. The molecule has 1 fully saturated rings. The van der Waals surface area contributed by atoms with Crippen molar-refractivity contribution in [1.82, 2.24) is 0 Å². The third-order valence-corrected chi connectivity index (χ3v) is 5.38. The van der Waals surface area contributed by atoms with E-state index in [1.807, 2.05) is 30.3 Å². The first-order valence-electron chi connectivity index (χ1n) is 9.90. The maximum Gasteiger partial charge on any atom is 0.309 e. The van der Waals surface area contributed by atoms with Crippen LogP contribution in [0.3, 0.4) is 0 Å². The van der Waals surface area contributed by atoms with E-state index in [9.17, 15) is 4.79 Å². The van der Waals surface area contributed by atoms with Crippen LogP contribution in [0.4, 0.5) is 5.69 Å². The summed E-state index contributed by atoms with van der Waals surface area (Å²) in [5, 5.41) is 4.11. The van der Waals surface area contributed by atoms with Crippen LogP contribution in [0.25, 0.3) is 0 Å². The van der Waals surface area contributed by atoms with Crippen LogP contribution in [0.5, 0.6) is 0 Å². The molecular formula is C23H28ClNO2. The standard InChI is InChI=1S/C23H28ClNO2/c1-2-3-13-27-23(26)20(19-10-11-19)14-18-9-12-21(24)22(15-18)25-16-17-7-5-4-6-8-17/h4-9,12,15,19-20,25H,2-3,10-11,13-14,16H2,1H3. The van der Waals surface area contributed by atoms with Crippen molar-refractivity contribution in [3.63, 3.8) is 0 Å². The van der Waals surface area contributed by atoms with E-state index in [4.69, 9.17) is 16.3 Å². The minimum Gasteiger partial charge on any atom is -0.465 e. The van der Waals surface area contributed by atoms with Gasteiger partial charge < -0.3 is 10.1 Å². The van der Waals surface area contributed by atoms with E-state index in [-0.39, 0.29) is 11.9 Å². The number of benzene rings is 2. The molecule has 27 heavy (non-hydrogen) atoms. The Hall–Kier alpha value is -2.00. The molecule has 0 saturated heterocycles. The predicted octanol–water partition coefficient (Wildman–Crippen LogP) is 5.86. The molecule has 1 unspecified atom stereocenters. The highest BCUT2D eigenvalue weighted by molar-refractivity contribution is 6.33. The Balaban J connectivity index is 1.64. The molecule has 0 heterocycles. The highest BCUT2D eigenvalue weighted by Gasteiger charge is 2.37. The first-order valence-corrected chi connectivity index (χ1v) is 10.3. The van der Waals surface area contributed by atoms with E-state index in [1.165, 1.54) is 5.56 Å². The Kier molecular flexibility index (Phi) is 7.17. The Bertz CT molecular complexity index is 743. The minimum absolute atomic E-state index is 0.0370. The van der Waals surface area contributed by atoms with Gasteiger partial charge in [0, 0.05) is 6.54 Å². The van der Waals surface area contributed by atoms with E-state index in [1.54, 1.807) is 0 Å². The molecule has 0 radical (unpaired) electrons. The zero-order valence-electron chi connectivity index (χ0n) is 15.9. The highest BCUT2D eigenvalue weighted by atomic mass is 35.5. The smallest absolute Gasteiger partial charge is 0.309 e. The van der Waals surface area contributed by atoms with Crippen LogP contribution in [0.1, 0.15) is 43.7 Å². The second-order valence-corrected chi connectivity index (χ2v) is 7.73. The van der Waals surface area contributed by atoms with Gasteiger partial charge in [0.05, 0.1) is 23.2 Å². The third kappa shape index (κ3) is 6.00. The topological polar surface area (TPSA) is 38.3 Å². The van der Waals surface area contributed by atoms with Crippen LogP contribution in [0.15, 0.2) is 48.5 Å². The predicted molar refractivity (Wildman–Crippen MR) is 111 cm³/mol. The summed E-state index contributed by atoms with van der Waals surface area (Å²) in [4.78, 5) is 12.5. The number of ether oxygens (including phenoxy) is 1. The molecule has 1 aliphatic rings. The molecular weight excluding hydrogens is 358 g/mol. The van der Waals surface area contributed by atoms with Crippen LogP contribution < -0.4 is 5.32 Å². The van der Waals surface area contributed by atoms with Crippen LogP contribution in [-0.2, 0) is 22.5 Å². The lowest BCUT2D eigenvalue weighted by Gasteiger charge is -2.17. The number of carbonyl (C=O) groups excluding carboxylic acids is 1. The molecule has 144 valence electrons. The molecule has 1 atom stereocenters. The SMILES string of the molecule is CCCCOC(=O)C(Cc1ccc(Cl)c(NCc2ccccc2)c1)C1CC1. The lowest BCUT2D eigenvalue weighted by Crippen LogP contribution is -2.22. The largest absolute Gasteiger partial charge is 0.465 e. The van der Waals surface area contributed by atoms with Crippen LogP contribution in [0, 0.1) is 11.8 Å². The van der Waals surface area contributed by atoms with Gasteiger partial charge in [-0.15, -0.1) is 0 Å². The lowest BCUT2D eigenvalue weighted by atomic mass is 9.94. The first kappa shape index (κ1) is 19.8. The summed E-state index contributed by atoms with van der Waals surface area (Å²) in [5.41, 5.74) is 3.24. The molecule has 0 aliphatic heterocycles. The Labute approximate surface area is 167 Å². The minimum atomic E-state index is -0.0419. The van der Waals surface area contributed by atoms with Crippen molar-refractivity contribution in [2.75, 3.05) is 11.9 Å². The number of hydrogen-bond acceptors (Lipinski definition) is 3. The quantitative estimate of drug-likeness (QED) is 0.411. The van der Waals surface area contributed by atoms with Crippen LogP contribution in [-0.4, -0.2) is 12.6 Å².